The van der Waals surface area contributed by atoms with Crippen LogP contribution in [-0.4, -0.2) is 27.7 Å². The first-order chi connectivity index (χ1) is 10.1. The van der Waals surface area contributed by atoms with Gasteiger partial charge in [-0.1, -0.05) is 18.2 Å². The topological polar surface area (TPSA) is 56.5 Å². The summed E-state index contributed by atoms with van der Waals surface area (Å²) in [6.07, 6.45) is 1.71. The second-order valence-corrected chi connectivity index (χ2v) is 4.91. The summed E-state index contributed by atoms with van der Waals surface area (Å²) in [6.45, 7) is 4.11. The lowest BCUT2D eigenvalue weighted by Gasteiger charge is -2.07. The largest absolute Gasteiger partial charge is 0.465 e. The third-order valence-corrected chi connectivity index (χ3v) is 3.67. The summed E-state index contributed by atoms with van der Waals surface area (Å²) in [5, 5.41) is 8.41. The molecule has 5 nitrogen and oxygen atoms in total. The molecular formula is C16H15N3O2. The molecule has 3 aromatic rings. The Morgan fingerprint density at radius 2 is 1.95 bits per heavy atom. The van der Waals surface area contributed by atoms with Crippen molar-refractivity contribution in [2.75, 3.05) is 7.11 Å². The molecule has 0 aliphatic carbocycles. The Morgan fingerprint density at radius 3 is 2.71 bits per heavy atom. The lowest BCUT2D eigenvalue weighted by atomic mass is 10.0. The SMILES string of the molecule is COC(=O)c1ccc2nnc(-c3cccc(C)c3C)n2c1. The number of nitrogens with zero attached hydrogens (tertiary/aromatic N) is 3. The van der Waals surface area contributed by atoms with E-state index in [1.54, 1.807) is 18.3 Å². The molecule has 2 aromatic heterocycles. The van der Waals surface area contributed by atoms with E-state index < -0.39 is 0 Å². The Balaban J connectivity index is 2.23. The number of pyridine rings is 1. The van der Waals surface area contributed by atoms with Gasteiger partial charge in [0, 0.05) is 11.8 Å². The number of rotatable bonds is 2. The summed E-state index contributed by atoms with van der Waals surface area (Å²) in [5.74, 6) is 0.342. The average Bonchev–Trinajstić information content (AvgIpc) is 2.92. The van der Waals surface area contributed by atoms with E-state index in [9.17, 15) is 4.79 Å². The van der Waals surface area contributed by atoms with Crippen LogP contribution >= 0.6 is 0 Å². The number of fused-ring (bicyclic) bond motifs is 1. The summed E-state index contributed by atoms with van der Waals surface area (Å²) in [5.41, 5.74) is 4.50. The highest BCUT2D eigenvalue weighted by Crippen LogP contribution is 2.24. The fourth-order valence-corrected chi connectivity index (χ4v) is 2.31. The van der Waals surface area contributed by atoms with Crippen LogP contribution in [0.25, 0.3) is 17.0 Å². The minimum Gasteiger partial charge on any atom is -0.465 e. The molecule has 0 aliphatic heterocycles. The maximum absolute atomic E-state index is 11.7. The molecule has 0 aliphatic rings. The Labute approximate surface area is 122 Å². The number of carbonyl (C=O) groups is 1. The molecule has 0 radical (unpaired) electrons. The van der Waals surface area contributed by atoms with Crippen LogP contribution in [0.15, 0.2) is 36.5 Å². The van der Waals surface area contributed by atoms with Gasteiger partial charge in [0.2, 0.25) is 0 Å². The van der Waals surface area contributed by atoms with Gasteiger partial charge in [-0.15, -0.1) is 10.2 Å². The highest BCUT2D eigenvalue weighted by molar-refractivity contribution is 5.89. The van der Waals surface area contributed by atoms with Crippen LogP contribution in [0.4, 0.5) is 0 Å². The molecule has 0 saturated carbocycles. The quantitative estimate of drug-likeness (QED) is 0.678. The number of benzene rings is 1. The van der Waals surface area contributed by atoms with Gasteiger partial charge in [0.1, 0.15) is 0 Å². The summed E-state index contributed by atoms with van der Waals surface area (Å²) >= 11 is 0. The van der Waals surface area contributed by atoms with Gasteiger partial charge in [-0.3, -0.25) is 4.40 Å². The minimum absolute atomic E-state index is 0.377. The third kappa shape index (κ3) is 2.16. The molecule has 3 rings (SSSR count). The van der Waals surface area contributed by atoms with E-state index in [0.717, 1.165) is 17.0 Å². The van der Waals surface area contributed by atoms with Crippen LogP contribution in [0.2, 0.25) is 0 Å². The zero-order chi connectivity index (χ0) is 15.0. The van der Waals surface area contributed by atoms with Gasteiger partial charge in [0.25, 0.3) is 0 Å². The first-order valence-electron chi connectivity index (χ1n) is 6.61. The predicted molar refractivity (Wildman–Crippen MR) is 79.2 cm³/mol. The van der Waals surface area contributed by atoms with Gasteiger partial charge < -0.3 is 4.74 Å². The molecule has 0 fully saturated rings. The molecule has 2 heterocycles. The van der Waals surface area contributed by atoms with Crippen LogP contribution in [0, 0.1) is 13.8 Å². The van der Waals surface area contributed by atoms with E-state index >= 15 is 0 Å². The molecule has 5 heteroatoms. The van der Waals surface area contributed by atoms with Crippen molar-refractivity contribution < 1.29 is 9.53 Å². The molecular weight excluding hydrogens is 266 g/mol. The van der Waals surface area contributed by atoms with E-state index in [-0.39, 0.29) is 5.97 Å². The zero-order valence-corrected chi connectivity index (χ0v) is 12.1. The second kappa shape index (κ2) is 5.01. The van der Waals surface area contributed by atoms with Crippen molar-refractivity contribution in [2.45, 2.75) is 13.8 Å². The number of esters is 1. The zero-order valence-electron chi connectivity index (χ0n) is 12.1. The third-order valence-electron chi connectivity index (χ3n) is 3.67. The van der Waals surface area contributed by atoms with Crippen LogP contribution < -0.4 is 0 Å². The van der Waals surface area contributed by atoms with Crippen molar-refractivity contribution >= 4 is 11.6 Å². The van der Waals surface area contributed by atoms with E-state index in [1.165, 1.54) is 12.7 Å². The lowest BCUT2D eigenvalue weighted by molar-refractivity contribution is 0.0600. The van der Waals surface area contributed by atoms with Gasteiger partial charge >= 0.3 is 5.97 Å². The molecule has 106 valence electrons. The van der Waals surface area contributed by atoms with Crippen molar-refractivity contribution in [3.05, 3.63) is 53.2 Å². The van der Waals surface area contributed by atoms with Crippen LogP contribution in [0.3, 0.4) is 0 Å². The Bertz CT molecular complexity index is 837. The molecule has 0 spiro atoms. The highest BCUT2D eigenvalue weighted by atomic mass is 16.5. The van der Waals surface area contributed by atoms with Gasteiger partial charge in [0.05, 0.1) is 12.7 Å². The van der Waals surface area contributed by atoms with Crippen molar-refractivity contribution in [3.8, 4) is 11.4 Å². The summed E-state index contributed by atoms with van der Waals surface area (Å²) < 4.78 is 6.57. The summed E-state index contributed by atoms with van der Waals surface area (Å²) in [4.78, 5) is 11.7. The van der Waals surface area contributed by atoms with Crippen molar-refractivity contribution in [3.63, 3.8) is 0 Å². The number of hydrogen-bond donors (Lipinski definition) is 0. The number of aromatic nitrogens is 3. The number of aryl methyl sites for hydroxylation is 1. The van der Waals surface area contributed by atoms with Crippen molar-refractivity contribution in [1.29, 1.82) is 0 Å². The van der Waals surface area contributed by atoms with E-state index in [1.807, 2.05) is 16.5 Å². The minimum atomic E-state index is -0.377. The summed E-state index contributed by atoms with van der Waals surface area (Å²) in [6, 6.07) is 9.49. The van der Waals surface area contributed by atoms with Crippen LogP contribution in [-0.2, 0) is 4.74 Å². The van der Waals surface area contributed by atoms with Gasteiger partial charge in [-0.25, -0.2) is 4.79 Å². The van der Waals surface area contributed by atoms with Crippen LogP contribution in [0.1, 0.15) is 21.5 Å². The fraction of sp³-hybridized carbons (Fsp3) is 0.188. The standard InChI is InChI=1S/C16H15N3O2/c1-10-5-4-6-13(11(10)2)15-18-17-14-8-7-12(9-19(14)15)16(20)21-3/h4-9H,1-3H3. The Hall–Kier alpha value is -2.69. The highest BCUT2D eigenvalue weighted by Gasteiger charge is 2.13. The number of carbonyl (C=O) groups excluding carboxylic acids is 1. The normalized spacial score (nSPS) is 10.8. The number of hydrogen-bond acceptors (Lipinski definition) is 4. The molecule has 0 atom stereocenters. The monoisotopic (exact) mass is 281 g/mol. The molecule has 0 N–H and O–H groups in total. The predicted octanol–water partition coefficient (Wildman–Crippen LogP) is 2.80. The first-order valence-corrected chi connectivity index (χ1v) is 6.61. The molecule has 1 aromatic carbocycles. The van der Waals surface area contributed by atoms with Gasteiger partial charge in [-0.2, -0.15) is 0 Å². The van der Waals surface area contributed by atoms with E-state index in [4.69, 9.17) is 4.74 Å². The summed E-state index contributed by atoms with van der Waals surface area (Å²) in [7, 11) is 1.37. The van der Waals surface area contributed by atoms with Crippen LogP contribution in [0.5, 0.6) is 0 Å². The maximum atomic E-state index is 11.7. The number of ether oxygens (including phenoxy) is 1. The Kier molecular flexibility index (Phi) is 3.17. The second-order valence-electron chi connectivity index (χ2n) is 4.91. The lowest BCUT2D eigenvalue weighted by Crippen LogP contribution is -2.03. The average molecular weight is 281 g/mol. The smallest absolute Gasteiger partial charge is 0.339 e. The first kappa shape index (κ1) is 13.3. The maximum Gasteiger partial charge on any atom is 0.339 e. The van der Waals surface area contributed by atoms with E-state index in [0.29, 0.717) is 11.2 Å². The number of methoxy groups -OCH3 is 1. The Morgan fingerprint density at radius 1 is 1.14 bits per heavy atom. The van der Waals surface area contributed by atoms with Crippen molar-refractivity contribution in [1.82, 2.24) is 14.6 Å². The fourth-order valence-electron chi connectivity index (χ4n) is 2.31. The molecule has 0 saturated heterocycles. The molecule has 21 heavy (non-hydrogen) atoms. The van der Waals surface area contributed by atoms with Crippen molar-refractivity contribution in [2.24, 2.45) is 0 Å². The molecule has 0 bridgehead atoms. The molecule has 0 amide bonds. The van der Waals surface area contributed by atoms with Gasteiger partial charge in [-0.05, 0) is 37.1 Å². The molecule has 0 unspecified atom stereocenters. The van der Waals surface area contributed by atoms with Gasteiger partial charge in [0.15, 0.2) is 11.5 Å². The van der Waals surface area contributed by atoms with E-state index in [2.05, 4.69) is 30.1 Å².